The number of para-hydroxylation sites is 1. The SMILES string of the molecule is CCNc1nc2c(c(=O)n(C)c(=O)n2C)n1CCCOc1ccccc1. The molecule has 0 atom stereocenters. The van der Waals surface area contributed by atoms with Crippen LogP contribution >= 0.6 is 0 Å². The minimum absolute atomic E-state index is 0.344. The Morgan fingerprint density at radius 2 is 1.85 bits per heavy atom. The van der Waals surface area contributed by atoms with Crippen molar-refractivity contribution in [2.75, 3.05) is 18.5 Å². The molecule has 0 bridgehead atoms. The number of aryl methyl sites for hydroxylation is 2. The third-order valence-corrected chi connectivity index (χ3v) is 4.22. The third kappa shape index (κ3) is 3.22. The zero-order chi connectivity index (χ0) is 18.7. The van der Waals surface area contributed by atoms with E-state index in [2.05, 4.69) is 10.3 Å². The van der Waals surface area contributed by atoms with Crippen molar-refractivity contribution in [1.29, 1.82) is 0 Å². The Hall–Kier alpha value is -3.03. The predicted octanol–water partition coefficient (Wildman–Crippen LogP) is 1.33. The summed E-state index contributed by atoms with van der Waals surface area (Å²) in [6, 6.07) is 9.59. The number of imidazole rings is 1. The molecule has 0 saturated carbocycles. The van der Waals surface area contributed by atoms with Crippen LogP contribution in [-0.4, -0.2) is 31.8 Å². The molecule has 2 heterocycles. The monoisotopic (exact) mass is 357 g/mol. The number of anilines is 1. The largest absolute Gasteiger partial charge is 0.494 e. The van der Waals surface area contributed by atoms with Crippen LogP contribution in [0.3, 0.4) is 0 Å². The van der Waals surface area contributed by atoms with Crippen molar-refractivity contribution in [1.82, 2.24) is 18.7 Å². The molecule has 3 rings (SSSR count). The average molecular weight is 357 g/mol. The molecule has 138 valence electrons. The van der Waals surface area contributed by atoms with E-state index in [9.17, 15) is 9.59 Å². The first-order valence-electron chi connectivity index (χ1n) is 8.62. The van der Waals surface area contributed by atoms with E-state index >= 15 is 0 Å². The molecule has 0 fully saturated rings. The van der Waals surface area contributed by atoms with Crippen LogP contribution in [0.1, 0.15) is 13.3 Å². The molecule has 8 nitrogen and oxygen atoms in total. The van der Waals surface area contributed by atoms with Gasteiger partial charge in [0.1, 0.15) is 5.75 Å². The number of benzene rings is 1. The van der Waals surface area contributed by atoms with Crippen LogP contribution in [0.2, 0.25) is 0 Å². The van der Waals surface area contributed by atoms with Crippen LogP contribution < -0.4 is 21.3 Å². The molecule has 3 aromatic rings. The molecule has 0 aliphatic heterocycles. The van der Waals surface area contributed by atoms with Gasteiger partial charge in [0.25, 0.3) is 5.56 Å². The number of fused-ring (bicyclic) bond motifs is 1. The lowest BCUT2D eigenvalue weighted by atomic mass is 10.3. The maximum atomic E-state index is 12.6. The highest BCUT2D eigenvalue weighted by atomic mass is 16.5. The van der Waals surface area contributed by atoms with Gasteiger partial charge in [-0.3, -0.25) is 13.9 Å². The van der Waals surface area contributed by atoms with E-state index in [1.54, 1.807) is 7.05 Å². The zero-order valence-electron chi connectivity index (χ0n) is 15.2. The Morgan fingerprint density at radius 3 is 2.54 bits per heavy atom. The fourth-order valence-corrected chi connectivity index (χ4v) is 2.89. The van der Waals surface area contributed by atoms with Crippen molar-refractivity contribution in [2.24, 2.45) is 14.1 Å². The lowest BCUT2D eigenvalue weighted by molar-refractivity contribution is 0.303. The van der Waals surface area contributed by atoms with Gasteiger partial charge in [-0.05, 0) is 25.5 Å². The lowest BCUT2D eigenvalue weighted by Gasteiger charge is -2.11. The van der Waals surface area contributed by atoms with Gasteiger partial charge in [-0.25, -0.2) is 4.79 Å². The predicted molar refractivity (Wildman–Crippen MR) is 101 cm³/mol. The van der Waals surface area contributed by atoms with Crippen molar-refractivity contribution < 1.29 is 4.74 Å². The van der Waals surface area contributed by atoms with Gasteiger partial charge < -0.3 is 14.6 Å². The average Bonchev–Trinajstić information content (AvgIpc) is 3.01. The summed E-state index contributed by atoms with van der Waals surface area (Å²) in [5.41, 5.74) is 0.0784. The van der Waals surface area contributed by atoms with Crippen LogP contribution in [0.15, 0.2) is 39.9 Å². The summed E-state index contributed by atoms with van der Waals surface area (Å²) in [4.78, 5) is 29.2. The second-order valence-electron chi connectivity index (χ2n) is 6.01. The summed E-state index contributed by atoms with van der Waals surface area (Å²) in [7, 11) is 3.10. The Balaban J connectivity index is 1.89. The van der Waals surface area contributed by atoms with E-state index in [4.69, 9.17) is 4.74 Å². The van der Waals surface area contributed by atoms with Crippen molar-refractivity contribution in [3.8, 4) is 5.75 Å². The van der Waals surface area contributed by atoms with Gasteiger partial charge >= 0.3 is 5.69 Å². The molecule has 0 saturated heterocycles. The van der Waals surface area contributed by atoms with Crippen molar-refractivity contribution >= 4 is 17.1 Å². The van der Waals surface area contributed by atoms with Gasteiger partial charge in [0, 0.05) is 27.2 Å². The second-order valence-corrected chi connectivity index (χ2v) is 6.01. The molecule has 0 spiro atoms. The molecule has 0 amide bonds. The minimum atomic E-state index is -0.386. The van der Waals surface area contributed by atoms with Crippen LogP contribution in [-0.2, 0) is 20.6 Å². The molecule has 0 aliphatic carbocycles. The number of nitrogens with zero attached hydrogens (tertiary/aromatic N) is 4. The van der Waals surface area contributed by atoms with Gasteiger partial charge in [0.2, 0.25) is 5.95 Å². The van der Waals surface area contributed by atoms with E-state index in [1.165, 1.54) is 11.6 Å². The molecular formula is C18H23N5O3. The van der Waals surface area contributed by atoms with Gasteiger partial charge in [-0.15, -0.1) is 0 Å². The quantitative estimate of drug-likeness (QED) is 0.645. The first-order chi connectivity index (χ1) is 12.5. The number of ether oxygens (including phenoxy) is 1. The van der Waals surface area contributed by atoms with Gasteiger partial charge in [-0.2, -0.15) is 4.98 Å². The summed E-state index contributed by atoms with van der Waals surface area (Å²) in [6.45, 7) is 3.69. The summed E-state index contributed by atoms with van der Waals surface area (Å²) < 4.78 is 10.1. The van der Waals surface area contributed by atoms with Crippen molar-refractivity contribution in [2.45, 2.75) is 19.9 Å². The van der Waals surface area contributed by atoms with Crippen LogP contribution in [0, 0.1) is 0 Å². The molecule has 8 heteroatoms. The van der Waals surface area contributed by atoms with E-state index in [-0.39, 0.29) is 11.2 Å². The summed E-state index contributed by atoms with van der Waals surface area (Å²) in [5.74, 6) is 1.40. The van der Waals surface area contributed by atoms with E-state index in [0.717, 1.165) is 10.3 Å². The number of rotatable bonds is 7. The maximum absolute atomic E-state index is 12.6. The standard InChI is InChI=1S/C18H23N5O3/c1-4-19-17-20-15-14(16(24)22(3)18(25)21(15)2)23(17)11-8-12-26-13-9-6-5-7-10-13/h5-7,9-10H,4,8,11-12H2,1-3H3,(H,19,20). The van der Waals surface area contributed by atoms with Crippen LogP contribution in [0.5, 0.6) is 5.75 Å². The number of hydrogen-bond donors (Lipinski definition) is 1. The second kappa shape index (κ2) is 7.47. The number of hydrogen-bond acceptors (Lipinski definition) is 5. The van der Waals surface area contributed by atoms with Crippen molar-refractivity contribution in [3.05, 3.63) is 51.2 Å². The minimum Gasteiger partial charge on any atom is -0.494 e. The smallest absolute Gasteiger partial charge is 0.332 e. The topological polar surface area (TPSA) is 83.1 Å². The summed E-state index contributed by atoms with van der Waals surface area (Å²) >= 11 is 0. The van der Waals surface area contributed by atoms with E-state index in [1.807, 2.05) is 41.8 Å². The van der Waals surface area contributed by atoms with Crippen molar-refractivity contribution in [3.63, 3.8) is 0 Å². The Kier molecular flexibility index (Phi) is 5.11. The molecule has 1 N–H and O–H groups in total. The zero-order valence-corrected chi connectivity index (χ0v) is 15.2. The van der Waals surface area contributed by atoms with Crippen LogP contribution in [0.25, 0.3) is 11.2 Å². The third-order valence-electron chi connectivity index (χ3n) is 4.22. The normalized spacial score (nSPS) is 11.0. The number of aromatic nitrogens is 4. The van der Waals surface area contributed by atoms with Gasteiger partial charge in [0.15, 0.2) is 11.2 Å². The molecule has 2 aromatic heterocycles. The Labute approximate surface area is 150 Å². The molecule has 1 aromatic carbocycles. The molecule has 0 aliphatic rings. The Bertz CT molecular complexity index is 1020. The molecule has 26 heavy (non-hydrogen) atoms. The summed E-state index contributed by atoms with van der Waals surface area (Å²) in [5, 5.41) is 3.17. The lowest BCUT2D eigenvalue weighted by Crippen LogP contribution is -2.37. The van der Waals surface area contributed by atoms with E-state index < -0.39 is 0 Å². The van der Waals surface area contributed by atoms with Gasteiger partial charge in [0.05, 0.1) is 6.61 Å². The fraction of sp³-hybridized carbons (Fsp3) is 0.389. The number of nitrogens with one attached hydrogen (secondary N) is 1. The highest BCUT2D eigenvalue weighted by Crippen LogP contribution is 2.16. The first kappa shape index (κ1) is 17.8. The molecule has 0 radical (unpaired) electrons. The maximum Gasteiger partial charge on any atom is 0.332 e. The molecular weight excluding hydrogens is 334 g/mol. The highest BCUT2D eigenvalue weighted by Gasteiger charge is 2.18. The first-order valence-corrected chi connectivity index (χ1v) is 8.62. The summed E-state index contributed by atoms with van der Waals surface area (Å²) in [6.07, 6.45) is 0.699. The highest BCUT2D eigenvalue weighted by molar-refractivity contribution is 5.74. The van der Waals surface area contributed by atoms with Gasteiger partial charge in [-0.1, -0.05) is 18.2 Å². The Morgan fingerprint density at radius 1 is 1.12 bits per heavy atom. The van der Waals surface area contributed by atoms with Crippen LogP contribution in [0.4, 0.5) is 5.95 Å². The van der Waals surface area contributed by atoms with E-state index in [0.29, 0.717) is 43.2 Å². The fourth-order valence-electron chi connectivity index (χ4n) is 2.89. The molecule has 0 unspecified atom stereocenters.